The Hall–Kier alpha value is -1.06. The first kappa shape index (κ1) is 14.4. The molecule has 19 heavy (non-hydrogen) atoms. The number of nitrogens with zero attached hydrogens (tertiary/aromatic N) is 1. The Morgan fingerprint density at radius 2 is 1.68 bits per heavy atom. The summed E-state index contributed by atoms with van der Waals surface area (Å²) < 4.78 is 5.68. The molecule has 3 heteroatoms. The van der Waals surface area contributed by atoms with Crippen molar-refractivity contribution in [2.75, 3.05) is 13.1 Å². The highest BCUT2D eigenvalue weighted by Gasteiger charge is 2.21. The molecule has 0 radical (unpaired) electrons. The Labute approximate surface area is 116 Å². The lowest BCUT2D eigenvalue weighted by molar-refractivity contribution is 0.163. The Bertz CT molecular complexity index is 380. The summed E-state index contributed by atoms with van der Waals surface area (Å²) >= 11 is 0. The molecule has 0 bridgehead atoms. The third-order valence-corrected chi connectivity index (χ3v) is 3.86. The van der Waals surface area contributed by atoms with Gasteiger partial charge in [0.15, 0.2) is 0 Å². The van der Waals surface area contributed by atoms with Gasteiger partial charge in [-0.25, -0.2) is 0 Å². The van der Waals surface area contributed by atoms with Crippen molar-refractivity contribution < 1.29 is 4.74 Å². The summed E-state index contributed by atoms with van der Waals surface area (Å²) in [6.45, 7) is 8.58. The minimum Gasteiger partial charge on any atom is -0.491 e. The number of hydrogen-bond acceptors (Lipinski definition) is 3. The van der Waals surface area contributed by atoms with Crippen LogP contribution in [0.1, 0.15) is 45.2 Å². The van der Waals surface area contributed by atoms with Gasteiger partial charge in [-0.15, -0.1) is 0 Å². The molecular weight excluding hydrogens is 236 g/mol. The molecule has 1 unspecified atom stereocenters. The molecule has 1 aromatic carbocycles. The van der Waals surface area contributed by atoms with Crippen LogP contribution < -0.4 is 10.5 Å². The van der Waals surface area contributed by atoms with Gasteiger partial charge in [-0.2, -0.15) is 0 Å². The molecule has 0 amide bonds. The second-order valence-electron chi connectivity index (χ2n) is 5.79. The van der Waals surface area contributed by atoms with Crippen LogP contribution in [0.4, 0.5) is 0 Å². The Morgan fingerprint density at radius 1 is 1.11 bits per heavy atom. The molecule has 1 aliphatic rings. The molecule has 2 rings (SSSR count). The minimum absolute atomic E-state index is 0.229. The van der Waals surface area contributed by atoms with Gasteiger partial charge in [0.2, 0.25) is 0 Å². The molecule has 3 nitrogen and oxygen atoms in total. The predicted molar refractivity (Wildman–Crippen MR) is 79.4 cm³/mol. The van der Waals surface area contributed by atoms with Crippen LogP contribution in [-0.4, -0.2) is 30.1 Å². The highest BCUT2D eigenvalue weighted by Crippen LogP contribution is 2.25. The molecule has 106 valence electrons. The van der Waals surface area contributed by atoms with E-state index in [0.29, 0.717) is 12.1 Å². The van der Waals surface area contributed by atoms with E-state index in [2.05, 4.69) is 36.1 Å². The number of nitrogens with two attached hydrogens (primary N) is 1. The van der Waals surface area contributed by atoms with Crippen LogP contribution in [0, 0.1) is 0 Å². The number of rotatable bonds is 4. The zero-order chi connectivity index (χ0) is 13.8. The summed E-state index contributed by atoms with van der Waals surface area (Å²) in [5, 5.41) is 0. The van der Waals surface area contributed by atoms with Gasteiger partial charge in [0, 0.05) is 25.2 Å². The number of ether oxygens (including phenoxy) is 1. The number of benzene rings is 1. The maximum atomic E-state index is 5.96. The van der Waals surface area contributed by atoms with E-state index in [1.165, 1.54) is 5.56 Å². The van der Waals surface area contributed by atoms with Crippen molar-refractivity contribution in [3.63, 3.8) is 0 Å². The maximum absolute atomic E-state index is 5.96. The lowest BCUT2D eigenvalue weighted by Crippen LogP contribution is -2.40. The van der Waals surface area contributed by atoms with Crippen LogP contribution in [0.25, 0.3) is 0 Å². The monoisotopic (exact) mass is 262 g/mol. The van der Waals surface area contributed by atoms with E-state index in [1.54, 1.807) is 0 Å². The molecule has 1 saturated heterocycles. The van der Waals surface area contributed by atoms with Crippen LogP contribution in [0.5, 0.6) is 5.75 Å². The topological polar surface area (TPSA) is 38.5 Å². The third-order valence-electron chi connectivity index (χ3n) is 3.86. The van der Waals surface area contributed by atoms with Gasteiger partial charge < -0.3 is 10.5 Å². The summed E-state index contributed by atoms with van der Waals surface area (Å²) in [7, 11) is 0. The maximum Gasteiger partial charge on any atom is 0.119 e. The van der Waals surface area contributed by atoms with E-state index in [9.17, 15) is 0 Å². The molecule has 1 aromatic rings. The lowest BCUT2D eigenvalue weighted by atomic mass is 10.0. The fraction of sp³-hybridized carbons (Fsp3) is 0.625. The van der Waals surface area contributed by atoms with Crippen molar-refractivity contribution in [2.45, 2.75) is 51.8 Å². The fourth-order valence-corrected chi connectivity index (χ4v) is 2.61. The lowest BCUT2D eigenvalue weighted by Gasteiger charge is -2.35. The van der Waals surface area contributed by atoms with Gasteiger partial charge in [0.25, 0.3) is 0 Å². The molecule has 0 aromatic heterocycles. The van der Waals surface area contributed by atoms with Gasteiger partial charge in [0.05, 0.1) is 6.10 Å². The van der Waals surface area contributed by atoms with Gasteiger partial charge >= 0.3 is 0 Å². The fourth-order valence-electron chi connectivity index (χ4n) is 2.61. The molecule has 1 heterocycles. The van der Waals surface area contributed by atoms with Crippen LogP contribution >= 0.6 is 0 Å². The van der Waals surface area contributed by atoms with E-state index in [4.69, 9.17) is 10.5 Å². The van der Waals surface area contributed by atoms with Crippen molar-refractivity contribution in [1.29, 1.82) is 0 Å². The zero-order valence-electron chi connectivity index (χ0n) is 12.3. The third kappa shape index (κ3) is 3.95. The normalized spacial score (nSPS) is 19.6. The molecule has 1 atom stereocenters. The summed E-state index contributed by atoms with van der Waals surface area (Å²) in [5.74, 6) is 0.951. The zero-order valence-corrected chi connectivity index (χ0v) is 12.3. The number of hydrogen-bond donors (Lipinski definition) is 1. The smallest absolute Gasteiger partial charge is 0.119 e. The highest BCUT2D eigenvalue weighted by molar-refractivity contribution is 5.29. The Balaban J connectivity index is 1.97. The predicted octanol–water partition coefficient (Wildman–Crippen LogP) is 2.96. The van der Waals surface area contributed by atoms with Crippen LogP contribution in [0.2, 0.25) is 0 Å². The quantitative estimate of drug-likeness (QED) is 0.906. The summed E-state index contributed by atoms with van der Waals surface area (Å²) in [5.41, 5.74) is 7.31. The number of piperidine rings is 1. The van der Waals surface area contributed by atoms with Gasteiger partial charge in [-0.05, 0) is 51.3 Å². The van der Waals surface area contributed by atoms with Crippen molar-refractivity contribution in [1.82, 2.24) is 4.90 Å². The van der Waals surface area contributed by atoms with E-state index in [1.807, 2.05) is 13.8 Å². The van der Waals surface area contributed by atoms with Crippen LogP contribution in [-0.2, 0) is 0 Å². The molecule has 0 spiro atoms. The van der Waals surface area contributed by atoms with E-state index >= 15 is 0 Å². The summed E-state index contributed by atoms with van der Waals surface area (Å²) in [4.78, 5) is 2.52. The largest absolute Gasteiger partial charge is 0.491 e. The highest BCUT2D eigenvalue weighted by atomic mass is 16.5. The second-order valence-corrected chi connectivity index (χ2v) is 5.79. The molecule has 0 saturated carbocycles. The first-order valence-corrected chi connectivity index (χ1v) is 7.32. The van der Waals surface area contributed by atoms with Gasteiger partial charge in [0.1, 0.15) is 5.75 Å². The van der Waals surface area contributed by atoms with Crippen molar-refractivity contribution in [2.24, 2.45) is 5.73 Å². The minimum atomic E-state index is 0.229. The molecular formula is C16H26N2O. The second kappa shape index (κ2) is 6.40. The summed E-state index contributed by atoms with van der Waals surface area (Å²) in [6.07, 6.45) is 2.45. The van der Waals surface area contributed by atoms with E-state index < -0.39 is 0 Å². The molecule has 0 aliphatic carbocycles. The first-order valence-electron chi connectivity index (χ1n) is 7.32. The van der Waals surface area contributed by atoms with E-state index in [0.717, 1.165) is 31.7 Å². The molecule has 2 N–H and O–H groups in total. The van der Waals surface area contributed by atoms with Gasteiger partial charge in [-0.3, -0.25) is 4.90 Å². The Kier molecular flexibility index (Phi) is 4.83. The SMILES string of the molecule is CC(C)Oc1ccc(C(C)N2CCC(N)CC2)cc1. The Morgan fingerprint density at radius 3 is 2.21 bits per heavy atom. The first-order chi connectivity index (χ1) is 9.06. The average molecular weight is 262 g/mol. The van der Waals surface area contributed by atoms with Gasteiger partial charge in [-0.1, -0.05) is 12.1 Å². The van der Waals surface area contributed by atoms with Crippen molar-refractivity contribution >= 4 is 0 Å². The van der Waals surface area contributed by atoms with E-state index in [-0.39, 0.29) is 6.10 Å². The standard InChI is InChI=1S/C16H26N2O/c1-12(2)19-16-6-4-14(5-7-16)13(3)18-10-8-15(17)9-11-18/h4-7,12-13,15H,8-11,17H2,1-3H3. The molecule has 1 aliphatic heterocycles. The molecule has 1 fully saturated rings. The van der Waals surface area contributed by atoms with Crippen LogP contribution in [0.3, 0.4) is 0 Å². The summed E-state index contributed by atoms with van der Waals surface area (Å²) in [6, 6.07) is 9.35. The van der Waals surface area contributed by atoms with Crippen LogP contribution in [0.15, 0.2) is 24.3 Å². The van der Waals surface area contributed by atoms with Crippen molar-refractivity contribution in [3.05, 3.63) is 29.8 Å². The van der Waals surface area contributed by atoms with Crippen molar-refractivity contribution in [3.8, 4) is 5.75 Å². The number of likely N-dealkylation sites (tertiary alicyclic amines) is 1. The average Bonchev–Trinajstić information content (AvgIpc) is 2.39.